The molecule has 0 amide bonds. The summed E-state index contributed by atoms with van der Waals surface area (Å²) in [5, 5.41) is 2.41. The highest BCUT2D eigenvalue weighted by molar-refractivity contribution is 5.95. The summed E-state index contributed by atoms with van der Waals surface area (Å²) in [4.78, 5) is 4.61. The van der Waals surface area contributed by atoms with Gasteiger partial charge in [0.15, 0.2) is 0 Å². The zero-order valence-electron chi connectivity index (χ0n) is 12.1. The van der Waals surface area contributed by atoms with Crippen molar-refractivity contribution in [3.8, 4) is 22.4 Å². The third-order valence-electron chi connectivity index (χ3n) is 3.92. The van der Waals surface area contributed by atoms with Crippen LogP contribution in [0, 0.1) is 0 Å². The maximum absolute atomic E-state index is 4.61. The van der Waals surface area contributed by atoms with Gasteiger partial charge in [0.05, 0.1) is 5.69 Å². The molecule has 4 aromatic rings. The number of rotatable bonds is 2. The van der Waals surface area contributed by atoms with Crippen LogP contribution in [0.15, 0.2) is 91.1 Å². The van der Waals surface area contributed by atoms with E-state index in [0.29, 0.717) is 0 Å². The van der Waals surface area contributed by atoms with E-state index in [0.717, 1.165) is 11.3 Å². The van der Waals surface area contributed by atoms with Crippen molar-refractivity contribution in [1.29, 1.82) is 0 Å². The first kappa shape index (κ1) is 12.8. The van der Waals surface area contributed by atoms with Crippen molar-refractivity contribution in [1.82, 2.24) is 4.98 Å². The van der Waals surface area contributed by atoms with Gasteiger partial charge in [0.1, 0.15) is 0 Å². The second-order valence-electron chi connectivity index (χ2n) is 5.33. The molecule has 0 saturated heterocycles. The minimum absolute atomic E-state index is 1.04. The van der Waals surface area contributed by atoms with Crippen LogP contribution in [-0.4, -0.2) is 4.98 Å². The highest BCUT2D eigenvalue weighted by Crippen LogP contribution is 2.29. The van der Waals surface area contributed by atoms with Gasteiger partial charge in [-0.2, -0.15) is 0 Å². The van der Waals surface area contributed by atoms with Crippen LogP contribution in [0.2, 0.25) is 0 Å². The summed E-state index contributed by atoms with van der Waals surface area (Å²) in [5.74, 6) is 0. The molecule has 104 valence electrons. The number of benzene rings is 3. The number of aromatic nitrogens is 1. The standard InChI is InChI=1S/C21H15N/c1-2-7-16(8-3-1)18-10-6-11-19(15-18)21-20-12-5-4-9-17(20)13-14-22-21/h1-15H. The molecule has 0 aliphatic rings. The quantitative estimate of drug-likeness (QED) is 0.468. The van der Waals surface area contributed by atoms with E-state index >= 15 is 0 Å². The monoisotopic (exact) mass is 281 g/mol. The molecule has 22 heavy (non-hydrogen) atoms. The Labute approximate surface area is 129 Å². The predicted molar refractivity (Wildman–Crippen MR) is 92.6 cm³/mol. The van der Waals surface area contributed by atoms with Gasteiger partial charge in [0.25, 0.3) is 0 Å². The molecule has 0 unspecified atom stereocenters. The summed E-state index contributed by atoms with van der Waals surface area (Å²) >= 11 is 0. The van der Waals surface area contributed by atoms with Gasteiger partial charge in [-0.15, -0.1) is 0 Å². The molecule has 3 aromatic carbocycles. The first-order valence-corrected chi connectivity index (χ1v) is 7.41. The molecule has 1 heteroatoms. The Hall–Kier alpha value is -2.93. The highest BCUT2D eigenvalue weighted by Gasteiger charge is 2.06. The maximum Gasteiger partial charge on any atom is 0.0780 e. The summed E-state index contributed by atoms with van der Waals surface area (Å²) in [6, 6.07) is 29.5. The van der Waals surface area contributed by atoms with E-state index in [2.05, 4.69) is 83.8 Å². The second kappa shape index (κ2) is 5.45. The van der Waals surface area contributed by atoms with E-state index in [4.69, 9.17) is 0 Å². The SMILES string of the molecule is c1ccc(-c2cccc(-c3nccc4ccccc34)c2)cc1. The van der Waals surface area contributed by atoms with Crippen molar-refractivity contribution in [2.45, 2.75) is 0 Å². The third kappa shape index (κ3) is 2.27. The van der Waals surface area contributed by atoms with Crippen molar-refractivity contribution in [2.75, 3.05) is 0 Å². The van der Waals surface area contributed by atoms with Crippen molar-refractivity contribution in [3.05, 3.63) is 91.1 Å². The Kier molecular flexibility index (Phi) is 3.17. The highest BCUT2D eigenvalue weighted by atomic mass is 14.7. The van der Waals surface area contributed by atoms with Gasteiger partial charge in [-0.25, -0.2) is 0 Å². The van der Waals surface area contributed by atoms with Gasteiger partial charge in [-0.3, -0.25) is 4.98 Å². The Morgan fingerprint density at radius 2 is 1.27 bits per heavy atom. The third-order valence-corrected chi connectivity index (χ3v) is 3.92. The molecule has 0 bridgehead atoms. The lowest BCUT2D eigenvalue weighted by Gasteiger charge is -2.08. The molecule has 1 heterocycles. The van der Waals surface area contributed by atoms with Crippen molar-refractivity contribution < 1.29 is 0 Å². The normalized spacial score (nSPS) is 10.7. The molecule has 1 nitrogen and oxygen atoms in total. The lowest BCUT2D eigenvalue weighted by Crippen LogP contribution is -1.86. The molecule has 0 aliphatic heterocycles. The molecule has 1 aromatic heterocycles. The first-order chi connectivity index (χ1) is 10.9. The van der Waals surface area contributed by atoms with Gasteiger partial charge in [0.2, 0.25) is 0 Å². The fourth-order valence-electron chi connectivity index (χ4n) is 2.83. The summed E-state index contributed by atoms with van der Waals surface area (Å²) in [7, 11) is 0. The Balaban J connectivity index is 1.89. The maximum atomic E-state index is 4.61. The summed E-state index contributed by atoms with van der Waals surface area (Å²) in [6.07, 6.45) is 1.88. The number of hydrogen-bond acceptors (Lipinski definition) is 1. The van der Waals surface area contributed by atoms with Crippen LogP contribution in [0.5, 0.6) is 0 Å². The van der Waals surface area contributed by atoms with Crippen molar-refractivity contribution in [2.24, 2.45) is 0 Å². The summed E-state index contributed by atoms with van der Waals surface area (Å²) in [5.41, 5.74) is 4.63. The predicted octanol–water partition coefficient (Wildman–Crippen LogP) is 5.57. The van der Waals surface area contributed by atoms with Crippen LogP contribution in [0.3, 0.4) is 0 Å². The minimum Gasteiger partial charge on any atom is -0.256 e. The fourth-order valence-corrected chi connectivity index (χ4v) is 2.83. The molecule has 0 aliphatic carbocycles. The summed E-state index contributed by atoms with van der Waals surface area (Å²) < 4.78 is 0. The lowest BCUT2D eigenvalue weighted by atomic mass is 9.99. The van der Waals surface area contributed by atoms with Gasteiger partial charge < -0.3 is 0 Å². The van der Waals surface area contributed by atoms with E-state index in [9.17, 15) is 0 Å². The Morgan fingerprint density at radius 1 is 0.545 bits per heavy atom. The van der Waals surface area contributed by atoms with Crippen LogP contribution < -0.4 is 0 Å². The zero-order valence-corrected chi connectivity index (χ0v) is 12.1. The largest absolute Gasteiger partial charge is 0.256 e. The van der Waals surface area contributed by atoms with Gasteiger partial charge in [0, 0.05) is 17.1 Å². The van der Waals surface area contributed by atoms with Crippen LogP contribution in [0.25, 0.3) is 33.2 Å². The number of hydrogen-bond donors (Lipinski definition) is 0. The molecule has 0 N–H and O–H groups in total. The first-order valence-electron chi connectivity index (χ1n) is 7.41. The lowest BCUT2D eigenvalue weighted by molar-refractivity contribution is 1.36. The molecule has 0 fully saturated rings. The number of pyridine rings is 1. The zero-order chi connectivity index (χ0) is 14.8. The van der Waals surface area contributed by atoms with E-state index < -0.39 is 0 Å². The number of nitrogens with zero attached hydrogens (tertiary/aromatic N) is 1. The molecular weight excluding hydrogens is 266 g/mol. The molecule has 0 saturated carbocycles. The molecule has 0 radical (unpaired) electrons. The van der Waals surface area contributed by atoms with E-state index in [1.807, 2.05) is 12.3 Å². The van der Waals surface area contributed by atoms with Crippen LogP contribution >= 0.6 is 0 Å². The van der Waals surface area contributed by atoms with Crippen LogP contribution in [0.4, 0.5) is 0 Å². The molecule has 4 rings (SSSR count). The second-order valence-corrected chi connectivity index (χ2v) is 5.33. The molecule has 0 atom stereocenters. The topological polar surface area (TPSA) is 12.9 Å². The van der Waals surface area contributed by atoms with Crippen LogP contribution in [-0.2, 0) is 0 Å². The van der Waals surface area contributed by atoms with E-state index in [1.54, 1.807) is 0 Å². The van der Waals surface area contributed by atoms with E-state index in [-0.39, 0.29) is 0 Å². The van der Waals surface area contributed by atoms with Gasteiger partial charge in [-0.05, 0) is 28.6 Å². The Bertz CT molecular complexity index is 921. The molecular formula is C21H15N. The van der Waals surface area contributed by atoms with Gasteiger partial charge in [-0.1, -0.05) is 72.8 Å². The Morgan fingerprint density at radius 3 is 2.18 bits per heavy atom. The molecule has 0 spiro atoms. The minimum atomic E-state index is 1.04. The van der Waals surface area contributed by atoms with Gasteiger partial charge >= 0.3 is 0 Å². The van der Waals surface area contributed by atoms with E-state index in [1.165, 1.54) is 21.9 Å². The fraction of sp³-hybridized carbons (Fsp3) is 0. The van der Waals surface area contributed by atoms with Crippen molar-refractivity contribution in [3.63, 3.8) is 0 Å². The number of fused-ring (bicyclic) bond motifs is 1. The van der Waals surface area contributed by atoms with Crippen LogP contribution in [0.1, 0.15) is 0 Å². The smallest absolute Gasteiger partial charge is 0.0780 e. The average Bonchev–Trinajstić information content (AvgIpc) is 2.62. The average molecular weight is 281 g/mol. The summed E-state index contributed by atoms with van der Waals surface area (Å²) in [6.45, 7) is 0. The van der Waals surface area contributed by atoms with Crippen molar-refractivity contribution >= 4 is 10.8 Å².